The number of likely N-dealkylation sites (tertiary alicyclic amines) is 2. The minimum atomic E-state index is -1.22. The molecule has 0 unspecified atom stereocenters. The summed E-state index contributed by atoms with van der Waals surface area (Å²) in [5.74, 6) is 1.85. The van der Waals surface area contributed by atoms with Crippen LogP contribution in [0.5, 0.6) is 5.75 Å². The maximum absolute atomic E-state index is 13.2. The van der Waals surface area contributed by atoms with E-state index in [-0.39, 0.29) is 24.2 Å². The molecule has 5 rings (SSSR count). The molecule has 3 heterocycles. The molecule has 3 N–H and O–H groups in total. The standard InChI is InChI=1S/C32H36BrN5O6/c33-26-19-22(8-9-28(26)40)20-29(30(41)34-13-4-15-36-14-3-6-25(39)21-36)44-32(43)37-16-11-24(12-17-37)38-18-10-23-5-1-2-7-27(23)35-31(38)42/h1-2,5,7-9,15,19,24-25,29,39-40H,3,6,10-12,14,16-18,20-21H2,(H,35,42)/t25-,29+/m0/s1. The molecule has 44 heavy (non-hydrogen) atoms. The fourth-order valence-electron chi connectivity index (χ4n) is 5.75. The summed E-state index contributed by atoms with van der Waals surface area (Å²) in [5.41, 5.74) is 5.31. The number of halogens is 1. The molecule has 2 aromatic carbocycles. The van der Waals surface area contributed by atoms with Gasteiger partial charge >= 0.3 is 12.1 Å². The minimum absolute atomic E-state index is 0.0253. The van der Waals surface area contributed by atoms with Crippen molar-refractivity contribution in [2.75, 3.05) is 38.0 Å². The molecular weight excluding hydrogens is 630 g/mol. The molecule has 0 bridgehead atoms. The third-order valence-corrected chi connectivity index (χ3v) is 8.80. The van der Waals surface area contributed by atoms with Gasteiger partial charge < -0.3 is 35.0 Å². The smallest absolute Gasteiger partial charge is 0.410 e. The number of hydrogen-bond acceptors (Lipinski definition) is 7. The number of aliphatic hydroxyl groups excluding tert-OH is 1. The van der Waals surface area contributed by atoms with Gasteiger partial charge in [0, 0.05) is 56.7 Å². The van der Waals surface area contributed by atoms with Gasteiger partial charge in [0.1, 0.15) is 5.75 Å². The lowest BCUT2D eigenvalue weighted by molar-refractivity contribution is -0.126. The van der Waals surface area contributed by atoms with Gasteiger partial charge in [-0.05, 0) is 83.1 Å². The van der Waals surface area contributed by atoms with E-state index < -0.39 is 24.2 Å². The zero-order valence-electron chi connectivity index (χ0n) is 24.3. The summed E-state index contributed by atoms with van der Waals surface area (Å²) in [6, 6.07) is 12.4. The average molecular weight is 667 g/mol. The van der Waals surface area contributed by atoms with Gasteiger partial charge in [-0.25, -0.2) is 9.59 Å². The summed E-state index contributed by atoms with van der Waals surface area (Å²) in [6.45, 7) is 2.59. The predicted molar refractivity (Wildman–Crippen MR) is 168 cm³/mol. The molecule has 0 saturated carbocycles. The van der Waals surface area contributed by atoms with Crippen LogP contribution in [0.25, 0.3) is 0 Å². The van der Waals surface area contributed by atoms with Gasteiger partial charge in [0.05, 0.1) is 16.8 Å². The van der Waals surface area contributed by atoms with Crippen molar-refractivity contribution in [2.24, 2.45) is 4.99 Å². The van der Waals surface area contributed by atoms with Crippen LogP contribution >= 0.6 is 15.9 Å². The van der Waals surface area contributed by atoms with Gasteiger partial charge in [0.25, 0.3) is 5.91 Å². The third-order valence-electron chi connectivity index (χ3n) is 8.16. The molecule has 4 amide bonds. The number of nitrogens with one attached hydrogen (secondary N) is 1. The number of aliphatic imine (C=N–C) groups is 1. The number of aromatic hydroxyl groups is 1. The van der Waals surface area contributed by atoms with Crippen molar-refractivity contribution >= 4 is 45.5 Å². The Balaban J connectivity index is 1.22. The largest absolute Gasteiger partial charge is 0.507 e. The Hall–Kier alpha value is -4.08. The van der Waals surface area contributed by atoms with Crippen molar-refractivity contribution in [2.45, 2.75) is 56.8 Å². The summed E-state index contributed by atoms with van der Waals surface area (Å²) < 4.78 is 6.15. The first-order chi connectivity index (χ1) is 21.3. The van der Waals surface area contributed by atoms with Crippen LogP contribution in [0.15, 0.2) is 63.9 Å². The number of anilines is 1. The molecule has 2 fully saturated rings. The normalized spacial score (nSPS) is 19.5. The molecule has 2 aromatic rings. The van der Waals surface area contributed by atoms with E-state index in [1.807, 2.05) is 34.1 Å². The van der Waals surface area contributed by atoms with E-state index in [9.17, 15) is 24.6 Å². The number of amides is 4. The lowest BCUT2D eigenvalue weighted by Gasteiger charge is -2.37. The number of phenols is 1. The van der Waals surface area contributed by atoms with Crippen molar-refractivity contribution in [3.05, 3.63) is 70.0 Å². The lowest BCUT2D eigenvalue weighted by atomic mass is 10.0. The number of carbonyl (C=O) groups is 3. The molecule has 232 valence electrons. The number of urea groups is 1. The van der Waals surface area contributed by atoms with Crippen molar-refractivity contribution in [3.8, 4) is 5.75 Å². The van der Waals surface area contributed by atoms with Crippen molar-refractivity contribution in [1.29, 1.82) is 0 Å². The molecule has 2 atom stereocenters. The van der Waals surface area contributed by atoms with Crippen LogP contribution in [0.1, 0.15) is 36.8 Å². The van der Waals surface area contributed by atoms with Gasteiger partial charge in [-0.2, -0.15) is 4.99 Å². The third kappa shape index (κ3) is 8.09. The van der Waals surface area contributed by atoms with Crippen molar-refractivity contribution < 1.29 is 29.3 Å². The number of para-hydroxylation sites is 1. The maximum atomic E-state index is 13.2. The van der Waals surface area contributed by atoms with Crippen LogP contribution < -0.4 is 5.32 Å². The number of carbonyl (C=O) groups excluding carboxylic acids is 3. The van der Waals surface area contributed by atoms with Crippen LogP contribution in [0.3, 0.4) is 0 Å². The average Bonchev–Trinajstić information content (AvgIpc) is 3.18. The molecule has 3 aliphatic rings. The van der Waals surface area contributed by atoms with Gasteiger partial charge in [0.2, 0.25) is 0 Å². The van der Waals surface area contributed by atoms with Gasteiger partial charge in [0.15, 0.2) is 6.10 Å². The molecule has 0 aromatic heterocycles. The number of benzene rings is 2. The molecule has 12 heteroatoms. The van der Waals surface area contributed by atoms with Crippen LogP contribution in [-0.4, -0.2) is 99.8 Å². The highest BCUT2D eigenvalue weighted by atomic mass is 79.9. The van der Waals surface area contributed by atoms with Crippen LogP contribution in [0.2, 0.25) is 0 Å². The SMILES string of the molecule is O=C(N=C=C=CN1CCC[C@H](O)C1)[C@@H](Cc1ccc(O)c(Br)c1)OC(=O)N1CCC(N2CCc3ccccc3NC2=O)CC1. The topological polar surface area (TPSA) is 135 Å². The van der Waals surface area contributed by atoms with Gasteiger partial charge in [-0.3, -0.25) is 4.79 Å². The Morgan fingerprint density at radius 3 is 2.70 bits per heavy atom. The van der Waals surface area contributed by atoms with Crippen LogP contribution in [0, 0.1) is 0 Å². The lowest BCUT2D eigenvalue weighted by Crippen LogP contribution is -2.50. The van der Waals surface area contributed by atoms with Crippen LogP contribution in [0.4, 0.5) is 15.3 Å². The number of fused-ring (bicyclic) bond motifs is 1. The number of nitrogens with zero attached hydrogens (tertiary/aromatic N) is 4. The van der Waals surface area contributed by atoms with Crippen molar-refractivity contribution in [3.63, 3.8) is 0 Å². The maximum Gasteiger partial charge on any atom is 0.410 e. The number of phenolic OH excluding ortho intramolecular Hbond substituents is 1. The molecule has 2 saturated heterocycles. The number of β-amino-alcohol motifs (C(OH)–C–C–N with tert-alkyl or cyclic N) is 1. The number of hydrogen-bond donors (Lipinski definition) is 3. The van der Waals surface area contributed by atoms with E-state index >= 15 is 0 Å². The number of aliphatic hydroxyl groups is 1. The monoisotopic (exact) mass is 665 g/mol. The van der Waals surface area contributed by atoms with Crippen molar-refractivity contribution in [1.82, 2.24) is 14.7 Å². The molecule has 11 nitrogen and oxygen atoms in total. The molecule has 0 aliphatic carbocycles. The Morgan fingerprint density at radius 2 is 1.93 bits per heavy atom. The Kier molecular flexibility index (Phi) is 10.4. The van der Waals surface area contributed by atoms with E-state index in [1.165, 1.54) is 6.07 Å². The summed E-state index contributed by atoms with van der Waals surface area (Å²) in [4.78, 5) is 48.4. The minimum Gasteiger partial charge on any atom is -0.507 e. The summed E-state index contributed by atoms with van der Waals surface area (Å²) in [5, 5.41) is 22.7. The zero-order valence-corrected chi connectivity index (χ0v) is 25.9. The predicted octanol–water partition coefficient (Wildman–Crippen LogP) is 4.08. The van der Waals surface area contributed by atoms with E-state index in [1.54, 1.807) is 23.2 Å². The highest BCUT2D eigenvalue weighted by molar-refractivity contribution is 9.10. The fourth-order valence-corrected chi connectivity index (χ4v) is 6.17. The van der Waals surface area contributed by atoms with E-state index in [0.717, 1.165) is 37.1 Å². The first-order valence-corrected chi connectivity index (χ1v) is 15.6. The quantitative estimate of drug-likeness (QED) is 0.313. The summed E-state index contributed by atoms with van der Waals surface area (Å²) in [7, 11) is 0. The fraction of sp³-hybridized carbons (Fsp3) is 0.438. The highest BCUT2D eigenvalue weighted by Crippen LogP contribution is 2.27. The molecular formula is C32H36BrN5O6. The van der Waals surface area contributed by atoms with Crippen LogP contribution in [-0.2, 0) is 22.4 Å². The Labute approximate surface area is 264 Å². The molecule has 0 radical (unpaired) electrons. The van der Waals surface area contributed by atoms with Gasteiger partial charge in [-0.15, -0.1) is 0 Å². The summed E-state index contributed by atoms with van der Waals surface area (Å²) >= 11 is 3.28. The van der Waals surface area contributed by atoms with Gasteiger partial charge in [-0.1, -0.05) is 24.3 Å². The van der Waals surface area contributed by atoms with E-state index in [2.05, 4.69) is 37.8 Å². The Morgan fingerprint density at radius 1 is 1.14 bits per heavy atom. The second kappa shape index (κ2) is 14.6. The second-order valence-corrected chi connectivity index (χ2v) is 12.1. The molecule has 3 aliphatic heterocycles. The zero-order chi connectivity index (χ0) is 31.1. The second-order valence-electron chi connectivity index (χ2n) is 11.2. The highest BCUT2D eigenvalue weighted by Gasteiger charge is 2.33. The Bertz CT molecular complexity index is 1480. The summed E-state index contributed by atoms with van der Waals surface area (Å²) in [6.07, 6.45) is 2.90. The number of piperidine rings is 2. The van der Waals surface area contributed by atoms with E-state index in [4.69, 9.17) is 4.74 Å². The number of rotatable bonds is 6. The molecule has 0 spiro atoms. The number of ether oxygens (including phenoxy) is 1. The first-order valence-electron chi connectivity index (χ1n) is 14.9. The van der Waals surface area contributed by atoms with E-state index in [0.29, 0.717) is 49.1 Å². The first kappa shape index (κ1) is 31.3.